The molecule has 2 heterocycles. The summed E-state index contributed by atoms with van der Waals surface area (Å²) in [6.07, 6.45) is 1.66. The Hall–Kier alpha value is -2.96. The molecule has 0 aliphatic carbocycles. The minimum absolute atomic E-state index is 0.0274. The molecule has 1 aromatic carbocycles. The van der Waals surface area contributed by atoms with Gasteiger partial charge in [-0.25, -0.2) is 4.57 Å². The van der Waals surface area contributed by atoms with Crippen molar-refractivity contribution in [1.29, 1.82) is 0 Å². The molecule has 3 aromatic rings. The molecule has 0 spiro atoms. The monoisotopic (exact) mass is 284 g/mol. The van der Waals surface area contributed by atoms with Gasteiger partial charge in [0.15, 0.2) is 12.1 Å². The van der Waals surface area contributed by atoms with Crippen molar-refractivity contribution < 1.29 is 9.36 Å². The number of anilines is 1. The third-order valence-corrected chi connectivity index (χ3v) is 3.24. The fourth-order valence-electron chi connectivity index (χ4n) is 2.30. The number of fused-ring (bicyclic) bond motifs is 1. The second-order valence-electron chi connectivity index (χ2n) is 4.77. The molecule has 21 heavy (non-hydrogen) atoms. The predicted octanol–water partition coefficient (Wildman–Crippen LogP) is 0.0142. The number of nitrogen functional groups attached to an aromatic ring is 1. The number of nitrogens with zero attached hydrogens (tertiary/aromatic N) is 3. The molecule has 7 nitrogen and oxygen atoms in total. The normalized spacial score (nSPS) is 10.9. The molecule has 106 valence electrons. The van der Waals surface area contributed by atoms with Crippen LogP contribution >= 0.6 is 0 Å². The van der Waals surface area contributed by atoms with Gasteiger partial charge in [0.05, 0.1) is 7.05 Å². The summed E-state index contributed by atoms with van der Waals surface area (Å²) < 4.78 is 3.25. The molecule has 0 atom stereocenters. The number of imidazole rings is 1. The van der Waals surface area contributed by atoms with Crippen LogP contribution in [0.1, 0.15) is 10.4 Å². The first-order chi connectivity index (χ1) is 10.1. The van der Waals surface area contributed by atoms with Crippen LogP contribution in [0.2, 0.25) is 0 Å². The first-order valence-corrected chi connectivity index (χ1v) is 6.39. The topological polar surface area (TPSA) is 97.6 Å². The van der Waals surface area contributed by atoms with Crippen LogP contribution in [0.15, 0.2) is 41.5 Å². The lowest BCUT2D eigenvalue weighted by Crippen LogP contribution is -2.37. The van der Waals surface area contributed by atoms with Crippen LogP contribution in [0.25, 0.3) is 11.2 Å². The third kappa shape index (κ3) is 2.29. The van der Waals surface area contributed by atoms with Gasteiger partial charge in [-0.1, -0.05) is 35.3 Å². The number of rotatable bonds is 3. The van der Waals surface area contributed by atoms with E-state index in [-0.39, 0.29) is 23.8 Å². The minimum atomic E-state index is -0.328. The molecule has 2 aromatic heterocycles. The molecule has 0 aliphatic heterocycles. The van der Waals surface area contributed by atoms with Crippen molar-refractivity contribution >= 4 is 22.9 Å². The summed E-state index contributed by atoms with van der Waals surface area (Å²) in [5.41, 5.74) is 6.63. The maximum atomic E-state index is 12.3. The molecule has 0 saturated carbocycles. The van der Waals surface area contributed by atoms with Crippen LogP contribution in [0.5, 0.6) is 0 Å². The Morgan fingerprint density at radius 2 is 2.10 bits per heavy atom. The highest BCUT2D eigenvalue weighted by Gasteiger charge is 2.21. The fourth-order valence-corrected chi connectivity index (χ4v) is 2.30. The fraction of sp³-hybridized carbons (Fsp3) is 0.143. The van der Waals surface area contributed by atoms with E-state index in [0.29, 0.717) is 16.7 Å². The van der Waals surface area contributed by atoms with Gasteiger partial charge in [0.1, 0.15) is 6.54 Å². The zero-order valence-electron chi connectivity index (χ0n) is 11.4. The lowest BCUT2D eigenvalue weighted by atomic mass is 10.1. The summed E-state index contributed by atoms with van der Waals surface area (Å²) >= 11 is 0. The Kier molecular flexibility index (Phi) is 3.02. The van der Waals surface area contributed by atoms with Crippen LogP contribution in [-0.2, 0) is 13.6 Å². The molecule has 0 radical (unpaired) electrons. The van der Waals surface area contributed by atoms with E-state index >= 15 is 0 Å². The van der Waals surface area contributed by atoms with Crippen molar-refractivity contribution in [2.75, 3.05) is 5.73 Å². The number of aromatic amines is 1. The third-order valence-electron chi connectivity index (χ3n) is 3.24. The number of benzene rings is 1. The second kappa shape index (κ2) is 4.86. The summed E-state index contributed by atoms with van der Waals surface area (Å²) in [4.78, 5) is 30.7. The van der Waals surface area contributed by atoms with E-state index in [1.165, 1.54) is 0 Å². The number of H-pyrrole nitrogens is 1. The van der Waals surface area contributed by atoms with Gasteiger partial charge >= 0.3 is 5.65 Å². The van der Waals surface area contributed by atoms with Crippen LogP contribution in [0, 0.1) is 0 Å². The number of nitrogens with one attached hydrogen (secondary N) is 1. The van der Waals surface area contributed by atoms with E-state index in [9.17, 15) is 9.59 Å². The Bertz CT molecular complexity index is 880. The Morgan fingerprint density at radius 1 is 1.38 bits per heavy atom. The minimum Gasteiger partial charge on any atom is -0.355 e. The van der Waals surface area contributed by atoms with Crippen LogP contribution in [0.4, 0.5) is 5.95 Å². The van der Waals surface area contributed by atoms with E-state index in [4.69, 9.17) is 5.73 Å². The van der Waals surface area contributed by atoms with Crippen molar-refractivity contribution in [2.24, 2.45) is 7.05 Å². The molecule has 0 saturated heterocycles. The molecule has 0 aliphatic rings. The lowest BCUT2D eigenvalue weighted by molar-refractivity contribution is -0.659. The molecule has 3 N–H and O–H groups in total. The molecule has 0 bridgehead atoms. The number of carbonyl (C=O) groups is 1. The van der Waals surface area contributed by atoms with Crippen LogP contribution in [-0.4, -0.2) is 20.3 Å². The summed E-state index contributed by atoms with van der Waals surface area (Å²) in [5.74, 6) is -0.0339. The molecular weight excluding hydrogens is 270 g/mol. The zero-order chi connectivity index (χ0) is 15.0. The number of aromatic nitrogens is 4. The lowest BCUT2D eigenvalue weighted by Gasteiger charge is -1.98. The zero-order valence-corrected chi connectivity index (χ0v) is 11.4. The molecule has 7 heteroatoms. The average molecular weight is 284 g/mol. The quantitative estimate of drug-likeness (QED) is 0.523. The van der Waals surface area contributed by atoms with Crippen LogP contribution in [0.3, 0.4) is 0 Å². The summed E-state index contributed by atoms with van der Waals surface area (Å²) in [6, 6.07) is 8.97. The van der Waals surface area contributed by atoms with Gasteiger partial charge in [-0.15, -0.1) is 0 Å². The maximum absolute atomic E-state index is 12.3. The molecule has 0 unspecified atom stereocenters. The van der Waals surface area contributed by atoms with Crippen molar-refractivity contribution in [1.82, 2.24) is 14.5 Å². The Morgan fingerprint density at radius 3 is 2.81 bits per heavy atom. The first-order valence-electron chi connectivity index (χ1n) is 6.39. The highest BCUT2D eigenvalue weighted by Crippen LogP contribution is 2.05. The summed E-state index contributed by atoms with van der Waals surface area (Å²) in [6.45, 7) is 0.0945. The highest BCUT2D eigenvalue weighted by molar-refractivity contribution is 5.95. The number of hydrogen-bond donors (Lipinski definition) is 2. The van der Waals surface area contributed by atoms with Crippen molar-refractivity contribution in [3.8, 4) is 0 Å². The van der Waals surface area contributed by atoms with Crippen LogP contribution < -0.4 is 15.9 Å². The predicted molar refractivity (Wildman–Crippen MR) is 76.7 cm³/mol. The Balaban J connectivity index is 2.06. The number of Topliss-reactive ketones (excluding diaryl/α,β-unsaturated/α-hetero) is 1. The van der Waals surface area contributed by atoms with Gasteiger partial charge in [0, 0.05) is 5.56 Å². The number of aryl methyl sites for hydroxylation is 1. The van der Waals surface area contributed by atoms with Crippen molar-refractivity contribution in [3.63, 3.8) is 0 Å². The van der Waals surface area contributed by atoms with E-state index in [1.54, 1.807) is 34.6 Å². The number of ketones is 1. The largest absolute Gasteiger partial charge is 0.355 e. The number of carbonyl (C=O) groups excluding carboxylic acids is 1. The summed E-state index contributed by atoms with van der Waals surface area (Å²) in [7, 11) is 1.72. The first kappa shape index (κ1) is 13.0. The summed E-state index contributed by atoms with van der Waals surface area (Å²) in [5, 5.41) is 0. The molecule has 3 rings (SSSR count). The second-order valence-corrected chi connectivity index (χ2v) is 4.77. The average Bonchev–Trinajstić information content (AvgIpc) is 2.76. The molecule has 0 fully saturated rings. The van der Waals surface area contributed by atoms with Gasteiger partial charge in [0.25, 0.3) is 11.5 Å². The van der Waals surface area contributed by atoms with Gasteiger partial charge < -0.3 is 5.73 Å². The number of nitrogens with two attached hydrogens (primary N) is 1. The number of hydrogen-bond acceptors (Lipinski definition) is 4. The SMILES string of the molecule is Cn1c[n+](CC(=O)c2ccccc2)c2nc(N)[nH]c(=O)c21. The van der Waals surface area contributed by atoms with Gasteiger partial charge in [-0.05, 0) is 0 Å². The van der Waals surface area contributed by atoms with Gasteiger partial charge in [-0.2, -0.15) is 0 Å². The van der Waals surface area contributed by atoms with Crippen molar-refractivity contribution in [3.05, 3.63) is 52.6 Å². The Labute approximate surface area is 119 Å². The van der Waals surface area contributed by atoms with Gasteiger partial charge in [0.2, 0.25) is 5.52 Å². The molecule has 0 amide bonds. The smallest absolute Gasteiger partial charge is 0.312 e. The maximum Gasteiger partial charge on any atom is 0.312 e. The van der Waals surface area contributed by atoms with E-state index in [0.717, 1.165) is 0 Å². The highest BCUT2D eigenvalue weighted by atomic mass is 16.1. The van der Waals surface area contributed by atoms with E-state index in [2.05, 4.69) is 9.97 Å². The van der Waals surface area contributed by atoms with E-state index < -0.39 is 0 Å². The standard InChI is InChI=1S/C14H13N5O2/c1-18-8-19(7-10(20)9-5-3-2-4-6-9)12-11(18)13(21)17-14(15)16-12/h2-6,8H,7H2,1H3,(H2-,15,16,17,21)/p+1. The van der Waals surface area contributed by atoms with E-state index in [1.807, 2.05) is 18.2 Å². The van der Waals surface area contributed by atoms with Gasteiger partial charge in [-0.3, -0.25) is 19.1 Å². The van der Waals surface area contributed by atoms with Crippen molar-refractivity contribution in [2.45, 2.75) is 6.54 Å². The molecular formula is C14H14N5O2+.